The van der Waals surface area contributed by atoms with Crippen molar-refractivity contribution in [2.75, 3.05) is 23.3 Å². The smallest absolute Gasteiger partial charge is 0.269 e. The maximum Gasteiger partial charge on any atom is 0.269 e. The van der Waals surface area contributed by atoms with Crippen molar-refractivity contribution in [3.63, 3.8) is 0 Å². The molecule has 0 radical (unpaired) electrons. The molecule has 1 aliphatic heterocycles. The van der Waals surface area contributed by atoms with Crippen molar-refractivity contribution >= 4 is 28.1 Å². The minimum absolute atomic E-state index is 0.101. The van der Waals surface area contributed by atoms with E-state index in [-0.39, 0.29) is 18.0 Å². The lowest BCUT2D eigenvalue weighted by Gasteiger charge is -2.16. The fourth-order valence-electron chi connectivity index (χ4n) is 2.43. The zero-order valence-corrected chi connectivity index (χ0v) is 13.1. The van der Waals surface area contributed by atoms with E-state index in [0.29, 0.717) is 5.00 Å². The summed E-state index contributed by atoms with van der Waals surface area (Å²) in [6, 6.07) is 3.33. The third kappa shape index (κ3) is 3.33. The Balaban J connectivity index is 1.67. The number of nitrogens with zero attached hydrogens (tertiary/aromatic N) is 4. The minimum atomic E-state index is -0.285. The molecule has 8 heteroatoms. The molecule has 22 heavy (non-hydrogen) atoms. The molecule has 1 N–H and O–H groups in total. The van der Waals surface area contributed by atoms with Crippen LogP contribution in [0.2, 0.25) is 0 Å². The Morgan fingerprint density at radius 1 is 1.36 bits per heavy atom. The van der Waals surface area contributed by atoms with E-state index in [1.807, 2.05) is 6.92 Å². The van der Waals surface area contributed by atoms with Crippen LogP contribution in [-0.4, -0.2) is 33.2 Å². The first-order chi connectivity index (χ1) is 10.6. The highest BCUT2D eigenvalue weighted by Crippen LogP contribution is 2.17. The number of anilines is 2. The fourth-order valence-corrected chi connectivity index (χ4v) is 3.10. The Kier molecular flexibility index (Phi) is 4.19. The Bertz CT molecular complexity index is 733. The Morgan fingerprint density at radius 3 is 2.77 bits per heavy atom. The van der Waals surface area contributed by atoms with Crippen molar-refractivity contribution in [3.8, 4) is 0 Å². The second-order valence-corrected chi connectivity index (χ2v) is 6.09. The van der Waals surface area contributed by atoms with Crippen LogP contribution in [0.5, 0.6) is 0 Å². The van der Waals surface area contributed by atoms with E-state index in [1.165, 1.54) is 16.2 Å². The molecular weight excluding hydrogens is 302 g/mol. The number of carbonyl (C=O) groups is 1. The van der Waals surface area contributed by atoms with Gasteiger partial charge in [-0.1, -0.05) is 0 Å². The summed E-state index contributed by atoms with van der Waals surface area (Å²) in [5.74, 6) is -0.285. The zero-order valence-electron chi connectivity index (χ0n) is 12.3. The lowest BCUT2D eigenvalue weighted by Crippen LogP contribution is -2.30. The molecule has 0 saturated carbocycles. The third-order valence-electron chi connectivity index (χ3n) is 3.51. The van der Waals surface area contributed by atoms with Gasteiger partial charge in [0.1, 0.15) is 11.5 Å². The summed E-state index contributed by atoms with van der Waals surface area (Å²) in [6.07, 6.45) is 3.93. The van der Waals surface area contributed by atoms with Crippen LogP contribution in [0.15, 0.2) is 23.1 Å². The maximum absolute atomic E-state index is 12.1. The van der Waals surface area contributed by atoms with Crippen molar-refractivity contribution < 1.29 is 4.79 Å². The molecular formula is C14H17N5O2S. The second-order valence-electron chi connectivity index (χ2n) is 5.28. The summed E-state index contributed by atoms with van der Waals surface area (Å²) in [7, 11) is 0. The highest BCUT2D eigenvalue weighted by atomic mass is 32.1. The van der Waals surface area contributed by atoms with Gasteiger partial charge >= 0.3 is 0 Å². The van der Waals surface area contributed by atoms with Crippen LogP contribution in [0.4, 0.5) is 10.7 Å². The number of aromatic nitrogens is 3. The molecule has 1 aliphatic rings. The summed E-state index contributed by atoms with van der Waals surface area (Å²) in [5.41, 5.74) is 1.42. The molecule has 7 nitrogen and oxygen atoms in total. The molecule has 3 rings (SSSR count). The van der Waals surface area contributed by atoms with E-state index in [0.717, 1.165) is 37.3 Å². The molecule has 0 bridgehead atoms. The van der Waals surface area contributed by atoms with Crippen LogP contribution >= 0.6 is 11.5 Å². The standard InChI is InChI=1S/C14H17N5O2S/c1-10-6-13(22-17-10)16-12(20)9-19-14(21)7-11(8-15-19)18-4-2-3-5-18/h6-8H,2-5,9H2,1H3,(H,16,20). The van der Waals surface area contributed by atoms with E-state index in [9.17, 15) is 9.59 Å². The first-order valence-corrected chi connectivity index (χ1v) is 7.94. The lowest BCUT2D eigenvalue weighted by molar-refractivity contribution is -0.117. The van der Waals surface area contributed by atoms with Crippen molar-refractivity contribution in [2.45, 2.75) is 26.3 Å². The normalized spacial score (nSPS) is 14.3. The monoisotopic (exact) mass is 319 g/mol. The highest BCUT2D eigenvalue weighted by molar-refractivity contribution is 7.10. The number of nitrogens with one attached hydrogen (secondary N) is 1. The molecule has 1 fully saturated rings. The summed E-state index contributed by atoms with van der Waals surface area (Å²) in [4.78, 5) is 26.2. The van der Waals surface area contributed by atoms with Gasteiger partial charge in [-0.05, 0) is 37.4 Å². The van der Waals surface area contributed by atoms with Gasteiger partial charge in [0.15, 0.2) is 0 Å². The van der Waals surface area contributed by atoms with Gasteiger partial charge in [0.2, 0.25) is 5.91 Å². The summed E-state index contributed by atoms with van der Waals surface area (Å²) < 4.78 is 5.26. The summed E-state index contributed by atoms with van der Waals surface area (Å²) in [5, 5.41) is 7.48. The number of hydrogen-bond acceptors (Lipinski definition) is 6. The van der Waals surface area contributed by atoms with Gasteiger partial charge in [-0.3, -0.25) is 9.59 Å². The molecule has 0 aliphatic carbocycles. The van der Waals surface area contributed by atoms with Crippen LogP contribution in [0.25, 0.3) is 0 Å². The number of rotatable bonds is 4. The van der Waals surface area contributed by atoms with Crippen molar-refractivity contribution in [2.24, 2.45) is 0 Å². The van der Waals surface area contributed by atoms with Gasteiger partial charge in [0, 0.05) is 19.2 Å². The molecule has 0 atom stereocenters. The maximum atomic E-state index is 12.1. The molecule has 3 heterocycles. The Hall–Kier alpha value is -2.22. The van der Waals surface area contributed by atoms with E-state index in [1.54, 1.807) is 18.3 Å². The molecule has 1 saturated heterocycles. The highest BCUT2D eigenvalue weighted by Gasteiger charge is 2.14. The lowest BCUT2D eigenvalue weighted by atomic mass is 10.4. The van der Waals surface area contributed by atoms with Crippen LogP contribution in [-0.2, 0) is 11.3 Å². The molecule has 1 amide bonds. The Morgan fingerprint density at radius 2 is 2.14 bits per heavy atom. The molecule has 0 spiro atoms. The molecule has 116 valence electrons. The van der Waals surface area contributed by atoms with Crippen LogP contribution in [0.1, 0.15) is 18.5 Å². The number of amides is 1. The quantitative estimate of drug-likeness (QED) is 0.917. The van der Waals surface area contributed by atoms with E-state index in [2.05, 4.69) is 19.7 Å². The first kappa shape index (κ1) is 14.7. The fraction of sp³-hybridized carbons (Fsp3) is 0.429. The molecule has 0 unspecified atom stereocenters. The average molecular weight is 319 g/mol. The van der Waals surface area contributed by atoms with E-state index >= 15 is 0 Å². The van der Waals surface area contributed by atoms with Gasteiger partial charge in [-0.2, -0.15) is 9.47 Å². The first-order valence-electron chi connectivity index (χ1n) is 7.17. The Labute approximate surface area is 131 Å². The van der Waals surface area contributed by atoms with Crippen LogP contribution < -0.4 is 15.8 Å². The third-order valence-corrected chi connectivity index (χ3v) is 4.31. The number of aryl methyl sites for hydroxylation is 1. The zero-order chi connectivity index (χ0) is 15.5. The van der Waals surface area contributed by atoms with Crippen molar-refractivity contribution in [1.82, 2.24) is 14.2 Å². The molecule has 0 aromatic carbocycles. The summed E-state index contributed by atoms with van der Waals surface area (Å²) >= 11 is 1.22. The van der Waals surface area contributed by atoms with Gasteiger partial charge in [0.25, 0.3) is 5.56 Å². The average Bonchev–Trinajstić information content (AvgIpc) is 3.13. The van der Waals surface area contributed by atoms with Gasteiger partial charge < -0.3 is 10.2 Å². The van der Waals surface area contributed by atoms with Gasteiger partial charge in [-0.25, -0.2) is 4.68 Å². The van der Waals surface area contributed by atoms with E-state index in [4.69, 9.17) is 0 Å². The SMILES string of the molecule is Cc1cc(NC(=O)Cn2ncc(N3CCCC3)cc2=O)sn1. The van der Waals surface area contributed by atoms with Crippen LogP contribution in [0.3, 0.4) is 0 Å². The molecule has 2 aromatic rings. The van der Waals surface area contributed by atoms with Gasteiger partial charge in [0.05, 0.1) is 17.6 Å². The predicted molar refractivity (Wildman–Crippen MR) is 85.4 cm³/mol. The molecule has 2 aromatic heterocycles. The van der Waals surface area contributed by atoms with E-state index < -0.39 is 0 Å². The number of hydrogen-bond donors (Lipinski definition) is 1. The number of carbonyl (C=O) groups excluding carboxylic acids is 1. The summed E-state index contributed by atoms with van der Waals surface area (Å²) in [6.45, 7) is 3.66. The minimum Gasteiger partial charge on any atom is -0.370 e. The van der Waals surface area contributed by atoms with Crippen molar-refractivity contribution in [3.05, 3.63) is 34.4 Å². The van der Waals surface area contributed by atoms with Gasteiger partial charge in [-0.15, -0.1) is 0 Å². The second kappa shape index (κ2) is 6.27. The predicted octanol–water partition coefficient (Wildman–Crippen LogP) is 1.25. The van der Waals surface area contributed by atoms with Crippen molar-refractivity contribution in [1.29, 1.82) is 0 Å². The topological polar surface area (TPSA) is 80.1 Å². The van der Waals surface area contributed by atoms with Crippen LogP contribution in [0, 0.1) is 6.92 Å². The largest absolute Gasteiger partial charge is 0.370 e.